The summed E-state index contributed by atoms with van der Waals surface area (Å²) in [6.07, 6.45) is 5.41. The maximum Gasteiger partial charge on any atom is 0.325 e. The first-order chi connectivity index (χ1) is 14.4. The van der Waals surface area contributed by atoms with Crippen molar-refractivity contribution in [2.75, 3.05) is 13.7 Å². The topological polar surface area (TPSA) is 87.7 Å². The molecule has 2 aliphatic carbocycles. The van der Waals surface area contributed by atoms with Crippen LogP contribution < -0.4 is 15.4 Å². The van der Waals surface area contributed by atoms with Gasteiger partial charge >= 0.3 is 6.03 Å². The first kappa shape index (κ1) is 20.7. The summed E-state index contributed by atoms with van der Waals surface area (Å²) in [7, 11) is 1.57. The number of benzene rings is 1. The number of carbonyl (C=O) groups is 3. The molecule has 0 radical (unpaired) electrons. The predicted molar refractivity (Wildman–Crippen MR) is 112 cm³/mol. The average molecular weight is 414 g/mol. The van der Waals surface area contributed by atoms with Crippen molar-refractivity contribution >= 4 is 17.8 Å². The van der Waals surface area contributed by atoms with Gasteiger partial charge in [-0.05, 0) is 68.1 Å². The predicted octanol–water partition coefficient (Wildman–Crippen LogP) is 2.79. The van der Waals surface area contributed by atoms with Crippen LogP contribution in [0.15, 0.2) is 24.3 Å². The number of amides is 4. The van der Waals surface area contributed by atoms with Gasteiger partial charge in [-0.2, -0.15) is 0 Å². The van der Waals surface area contributed by atoms with Gasteiger partial charge in [-0.3, -0.25) is 14.5 Å². The Balaban J connectivity index is 1.43. The van der Waals surface area contributed by atoms with Gasteiger partial charge in [0.05, 0.1) is 7.11 Å². The molecule has 2 saturated carbocycles. The normalized spacial score (nSPS) is 31.0. The van der Waals surface area contributed by atoms with Crippen LogP contribution in [0, 0.1) is 17.8 Å². The summed E-state index contributed by atoms with van der Waals surface area (Å²) < 4.78 is 5.18. The minimum atomic E-state index is -1.15. The molecular formula is C23H31N3O4. The fourth-order valence-electron chi connectivity index (χ4n) is 5.74. The van der Waals surface area contributed by atoms with Gasteiger partial charge in [0, 0.05) is 6.04 Å². The molecule has 3 aliphatic rings. The van der Waals surface area contributed by atoms with Gasteiger partial charge in [0.15, 0.2) is 0 Å². The number of carbonyl (C=O) groups excluding carboxylic acids is 3. The van der Waals surface area contributed by atoms with E-state index in [1.165, 1.54) is 25.7 Å². The van der Waals surface area contributed by atoms with Gasteiger partial charge in [-0.25, -0.2) is 4.79 Å². The van der Waals surface area contributed by atoms with Gasteiger partial charge in [-0.15, -0.1) is 0 Å². The third-order valence-corrected chi connectivity index (χ3v) is 7.41. The van der Waals surface area contributed by atoms with Gasteiger partial charge in [0.1, 0.15) is 17.8 Å². The summed E-state index contributed by atoms with van der Waals surface area (Å²) in [5.74, 6) is 2.01. The van der Waals surface area contributed by atoms with Crippen molar-refractivity contribution in [3.05, 3.63) is 29.8 Å². The number of rotatable bonds is 7. The highest BCUT2D eigenvalue weighted by Gasteiger charge is 2.52. The van der Waals surface area contributed by atoms with E-state index in [1.807, 2.05) is 13.8 Å². The smallest absolute Gasteiger partial charge is 0.325 e. The van der Waals surface area contributed by atoms with Crippen LogP contribution in [0.3, 0.4) is 0 Å². The molecule has 1 aliphatic heterocycles. The lowest BCUT2D eigenvalue weighted by Gasteiger charge is -2.29. The molecule has 30 heavy (non-hydrogen) atoms. The van der Waals surface area contributed by atoms with Crippen LogP contribution in [-0.2, 0) is 15.1 Å². The molecule has 162 valence electrons. The Hall–Kier alpha value is -2.57. The maximum absolute atomic E-state index is 13.2. The quantitative estimate of drug-likeness (QED) is 0.673. The Kier molecular flexibility index (Phi) is 5.47. The van der Waals surface area contributed by atoms with Crippen LogP contribution in [0.1, 0.15) is 51.5 Å². The van der Waals surface area contributed by atoms with Crippen molar-refractivity contribution in [1.29, 1.82) is 0 Å². The molecule has 4 amide bonds. The molecule has 1 aromatic carbocycles. The van der Waals surface area contributed by atoms with Crippen LogP contribution in [0.25, 0.3) is 0 Å². The lowest BCUT2D eigenvalue weighted by Crippen LogP contribution is -2.47. The zero-order valence-corrected chi connectivity index (χ0v) is 17.9. The van der Waals surface area contributed by atoms with Gasteiger partial charge in [0.2, 0.25) is 5.91 Å². The SMILES string of the molecule is CC[C@]1(c2ccc(OC)cc2)NC(=O)N(CC(=O)N[C@@H](C)[C@@H]2C[C@H]3CC[C@H]2C3)C1=O. The minimum Gasteiger partial charge on any atom is -0.497 e. The number of imide groups is 1. The van der Waals surface area contributed by atoms with Gasteiger partial charge in [0.25, 0.3) is 5.91 Å². The maximum atomic E-state index is 13.2. The third kappa shape index (κ3) is 3.44. The average Bonchev–Trinajstić information content (AvgIpc) is 3.44. The van der Waals surface area contributed by atoms with Crippen LogP contribution in [0.4, 0.5) is 4.79 Å². The molecule has 3 fully saturated rings. The molecule has 0 unspecified atom stereocenters. The zero-order valence-electron chi connectivity index (χ0n) is 17.9. The molecular weight excluding hydrogens is 382 g/mol. The Morgan fingerprint density at radius 3 is 2.57 bits per heavy atom. The number of ether oxygens (including phenoxy) is 1. The lowest BCUT2D eigenvalue weighted by molar-refractivity contribution is -0.135. The molecule has 5 atom stereocenters. The second-order valence-corrected chi connectivity index (χ2v) is 9.00. The van der Waals surface area contributed by atoms with E-state index in [1.54, 1.807) is 31.4 Å². The van der Waals surface area contributed by atoms with Crippen LogP contribution in [-0.4, -0.2) is 42.4 Å². The van der Waals surface area contributed by atoms with Crippen molar-refractivity contribution in [2.45, 2.75) is 57.5 Å². The highest BCUT2D eigenvalue weighted by Crippen LogP contribution is 2.49. The number of methoxy groups -OCH3 is 1. The van der Waals surface area contributed by atoms with E-state index >= 15 is 0 Å². The van der Waals surface area contributed by atoms with Crippen LogP contribution in [0.5, 0.6) is 5.75 Å². The van der Waals surface area contributed by atoms with Crippen molar-refractivity contribution in [3.8, 4) is 5.75 Å². The highest BCUT2D eigenvalue weighted by atomic mass is 16.5. The van der Waals surface area contributed by atoms with Crippen LogP contribution >= 0.6 is 0 Å². The first-order valence-corrected chi connectivity index (χ1v) is 11.0. The van der Waals surface area contributed by atoms with E-state index < -0.39 is 11.6 Å². The largest absolute Gasteiger partial charge is 0.497 e. The highest BCUT2D eigenvalue weighted by molar-refractivity contribution is 6.09. The van der Waals surface area contributed by atoms with E-state index in [0.717, 1.165) is 10.8 Å². The number of nitrogens with zero attached hydrogens (tertiary/aromatic N) is 1. The minimum absolute atomic E-state index is 0.0612. The molecule has 7 nitrogen and oxygen atoms in total. The Labute approximate surface area is 177 Å². The fourth-order valence-corrected chi connectivity index (χ4v) is 5.74. The molecule has 2 N–H and O–H groups in total. The second-order valence-electron chi connectivity index (χ2n) is 9.00. The molecule has 1 aromatic rings. The molecule has 1 heterocycles. The summed E-state index contributed by atoms with van der Waals surface area (Å²) in [5.41, 5.74) is -0.470. The molecule has 0 aromatic heterocycles. The summed E-state index contributed by atoms with van der Waals surface area (Å²) in [5, 5.41) is 5.87. The molecule has 1 saturated heterocycles. The van der Waals surface area contributed by atoms with Crippen LogP contribution in [0.2, 0.25) is 0 Å². The fraction of sp³-hybridized carbons (Fsp3) is 0.609. The molecule has 0 spiro atoms. The Morgan fingerprint density at radius 2 is 2.00 bits per heavy atom. The summed E-state index contributed by atoms with van der Waals surface area (Å²) >= 11 is 0. The summed E-state index contributed by atoms with van der Waals surface area (Å²) in [4.78, 5) is 39.6. The van der Waals surface area contributed by atoms with E-state index in [0.29, 0.717) is 29.6 Å². The van der Waals surface area contributed by atoms with Crippen molar-refractivity contribution in [1.82, 2.24) is 15.5 Å². The number of urea groups is 1. The van der Waals surface area contributed by atoms with Gasteiger partial charge in [-0.1, -0.05) is 25.5 Å². The van der Waals surface area contributed by atoms with Crippen molar-refractivity contribution < 1.29 is 19.1 Å². The molecule has 7 heteroatoms. The molecule has 2 bridgehead atoms. The summed E-state index contributed by atoms with van der Waals surface area (Å²) in [6.45, 7) is 3.64. The summed E-state index contributed by atoms with van der Waals surface area (Å²) in [6, 6.07) is 6.62. The Bertz CT molecular complexity index is 839. The van der Waals surface area contributed by atoms with E-state index in [9.17, 15) is 14.4 Å². The van der Waals surface area contributed by atoms with Crippen molar-refractivity contribution in [3.63, 3.8) is 0 Å². The number of nitrogens with one attached hydrogen (secondary N) is 2. The number of fused-ring (bicyclic) bond motifs is 2. The standard InChI is InChI=1S/C23H31N3O4/c1-4-23(17-7-9-18(30-3)10-8-17)21(28)26(22(29)25-23)13-20(27)24-14(2)19-12-15-5-6-16(19)11-15/h7-10,14-16,19H,4-6,11-13H2,1-3H3,(H,24,27)(H,25,29)/t14-,15-,16-,19-,23+/m0/s1. The lowest BCUT2D eigenvalue weighted by atomic mass is 9.84. The van der Waals surface area contributed by atoms with Crippen molar-refractivity contribution in [2.24, 2.45) is 17.8 Å². The Morgan fingerprint density at radius 1 is 1.27 bits per heavy atom. The van der Waals surface area contributed by atoms with E-state index in [-0.39, 0.29) is 24.4 Å². The first-order valence-electron chi connectivity index (χ1n) is 11.0. The number of hydrogen-bond acceptors (Lipinski definition) is 4. The third-order valence-electron chi connectivity index (χ3n) is 7.41. The molecule has 4 rings (SSSR count). The second kappa shape index (κ2) is 7.93. The van der Waals surface area contributed by atoms with E-state index in [4.69, 9.17) is 4.74 Å². The monoisotopic (exact) mass is 413 g/mol. The van der Waals surface area contributed by atoms with Gasteiger partial charge < -0.3 is 15.4 Å². The zero-order chi connectivity index (χ0) is 21.5. The van der Waals surface area contributed by atoms with E-state index in [2.05, 4.69) is 10.6 Å². The number of hydrogen-bond donors (Lipinski definition) is 2.